The zero-order chi connectivity index (χ0) is 19.0. The molecule has 27 heavy (non-hydrogen) atoms. The summed E-state index contributed by atoms with van der Waals surface area (Å²) in [5.74, 6) is 0.0411. The Hall–Kier alpha value is -1.83. The molecular weight excluding hydrogens is 368 g/mol. The number of piperidine rings is 1. The maximum atomic E-state index is 12.7. The molecule has 0 atom stereocenters. The Morgan fingerprint density at radius 2 is 1.81 bits per heavy atom. The lowest BCUT2D eigenvalue weighted by molar-refractivity contribution is -0.136. The third-order valence-electron chi connectivity index (χ3n) is 4.55. The average Bonchev–Trinajstić information content (AvgIpc) is 2.61. The second kappa shape index (κ2) is 11.1. The van der Waals surface area contributed by atoms with Gasteiger partial charge < -0.3 is 26.0 Å². The van der Waals surface area contributed by atoms with Crippen LogP contribution in [0.5, 0.6) is 0 Å². The number of carbonyl (C=O) groups is 2. The summed E-state index contributed by atoms with van der Waals surface area (Å²) >= 11 is 0. The zero-order valence-corrected chi connectivity index (χ0v) is 17.1. The quantitative estimate of drug-likeness (QED) is 0.567. The number of rotatable bonds is 7. The lowest BCUT2D eigenvalue weighted by Crippen LogP contribution is -2.49. The van der Waals surface area contributed by atoms with Gasteiger partial charge in [-0.25, -0.2) is 4.79 Å². The number of anilines is 1. The number of amides is 3. The summed E-state index contributed by atoms with van der Waals surface area (Å²) < 4.78 is 5.30. The summed E-state index contributed by atoms with van der Waals surface area (Å²) in [6.07, 6.45) is 1.56. The van der Waals surface area contributed by atoms with Crippen LogP contribution in [0.25, 0.3) is 0 Å². The first-order valence-electron chi connectivity index (χ1n) is 9.09. The number of urea groups is 1. The van der Waals surface area contributed by atoms with Crippen LogP contribution < -0.4 is 21.3 Å². The molecule has 1 aromatic carbocycles. The molecule has 0 aromatic heterocycles. The Bertz CT molecular complexity index is 596. The molecule has 1 aliphatic rings. The Labute approximate surface area is 167 Å². The molecule has 0 spiro atoms. The van der Waals surface area contributed by atoms with Gasteiger partial charge in [-0.3, -0.25) is 4.79 Å². The van der Waals surface area contributed by atoms with Crippen molar-refractivity contribution in [3.8, 4) is 0 Å². The van der Waals surface area contributed by atoms with Crippen molar-refractivity contribution in [3.05, 3.63) is 29.8 Å². The molecule has 0 bridgehead atoms. The number of methoxy groups -OCH3 is 1. The fourth-order valence-corrected chi connectivity index (χ4v) is 3.12. The highest BCUT2D eigenvalue weighted by Crippen LogP contribution is 2.29. The number of hydrogen-bond donors (Lipinski definition) is 4. The van der Waals surface area contributed by atoms with Crippen molar-refractivity contribution in [2.75, 3.05) is 32.1 Å². The van der Waals surface area contributed by atoms with Crippen molar-refractivity contribution < 1.29 is 14.3 Å². The normalized spacial score (nSPS) is 15.6. The van der Waals surface area contributed by atoms with E-state index in [-0.39, 0.29) is 30.4 Å². The second-order valence-electron chi connectivity index (χ2n) is 7.10. The van der Waals surface area contributed by atoms with Crippen molar-refractivity contribution in [2.24, 2.45) is 5.41 Å². The molecule has 1 aromatic rings. The highest BCUT2D eigenvalue weighted by Gasteiger charge is 2.39. The van der Waals surface area contributed by atoms with E-state index in [0.717, 1.165) is 31.5 Å². The smallest absolute Gasteiger partial charge is 0.319 e. The monoisotopic (exact) mass is 398 g/mol. The first-order chi connectivity index (χ1) is 12.4. The SMILES string of the molecule is COCC1(C(=O)NCc2ccc(NC(=O)NC(C)C)cc2)CCNCC1.Cl. The van der Waals surface area contributed by atoms with Crippen LogP contribution in [0.1, 0.15) is 32.3 Å². The molecule has 1 aliphatic heterocycles. The Morgan fingerprint density at radius 1 is 1.19 bits per heavy atom. The van der Waals surface area contributed by atoms with E-state index in [1.807, 2.05) is 38.1 Å². The summed E-state index contributed by atoms with van der Waals surface area (Å²) in [5, 5.41) is 11.9. The van der Waals surface area contributed by atoms with Gasteiger partial charge in [-0.05, 0) is 57.5 Å². The maximum absolute atomic E-state index is 12.7. The molecule has 1 heterocycles. The topological polar surface area (TPSA) is 91.5 Å². The van der Waals surface area contributed by atoms with Crippen LogP contribution >= 0.6 is 12.4 Å². The second-order valence-corrected chi connectivity index (χ2v) is 7.10. The molecule has 3 amide bonds. The third kappa shape index (κ3) is 7.01. The molecule has 0 aliphatic carbocycles. The Kier molecular flexibility index (Phi) is 9.55. The minimum atomic E-state index is -0.448. The van der Waals surface area contributed by atoms with E-state index < -0.39 is 5.41 Å². The summed E-state index contributed by atoms with van der Waals surface area (Å²) in [6, 6.07) is 7.31. The minimum absolute atomic E-state index is 0. The van der Waals surface area contributed by atoms with E-state index in [4.69, 9.17) is 4.74 Å². The van der Waals surface area contributed by atoms with E-state index in [2.05, 4.69) is 21.3 Å². The summed E-state index contributed by atoms with van der Waals surface area (Å²) in [4.78, 5) is 24.4. The number of ether oxygens (including phenoxy) is 1. The lowest BCUT2D eigenvalue weighted by atomic mass is 9.78. The maximum Gasteiger partial charge on any atom is 0.319 e. The molecule has 0 radical (unpaired) electrons. The van der Waals surface area contributed by atoms with E-state index in [1.54, 1.807) is 7.11 Å². The van der Waals surface area contributed by atoms with Crippen molar-refractivity contribution in [3.63, 3.8) is 0 Å². The number of benzene rings is 1. The number of nitrogens with one attached hydrogen (secondary N) is 4. The molecule has 8 heteroatoms. The van der Waals surface area contributed by atoms with Crippen LogP contribution in [0, 0.1) is 5.41 Å². The molecule has 0 saturated carbocycles. The molecule has 0 unspecified atom stereocenters. The van der Waals surface area contributed by atoms with Gasteiger partial charge in [0.25, 0.3) is 0 Å². The molecule has 1 fully saturated rings. The van der Waals surface area contributed by atoms with Crippen molar-refractivity contribution in [1.82, 2.24) is 16.0 Å². The van der Waals surface area contributed by atoms with Gasteiger partial charge in [-0.2, -0.15) is 0 Å². The standard InChI is InChI=1S/C19H30N4O3.ClH/c1-14(2)22-18(25)23-16-6-4-15(5-7-16)12-21-17(24)19(13-26-3)8-10-20-11-9-19;/h4-7,14,20H,8-13H2,1-3H3,(H,21,24)(H2,22,23,25);1H. The number of halogens is 1. The van der Waals surface area contributed by atoms with Gasteiger partial charge in [0, 0.05) is 25.4 Å². The fraction of sp³-hybridized carbons (Fsp3) is 0.579. The number of carbonyl (C=O) groups excluding carboxylic acids is 2. The van der Waals surface area contributed by atoms with Gasteiger partial charge >= 0.3 is 6.03 Å². The predicted octanol–water partition coefficient (Wildman–Crippen LogP) is 2.27. The van der Waals surface area contributed by atoms with Crippen LogP contribution in [-0.2, 0) is 16.1 Å². The van der Waals surface area contributed by atoms with Gasteiger partial charge in [-0.15, -0.1) is 12.4 Å². The van der Waals surface area contributed by atoms with Gasteiger partial charge in [-0.1, -0.05) is 12.1 Å². The van der Waals surface area contributed by atoms with Gasteiger partial charge in [0.1, 0.15) is 0 Å². The van der Waals surface area contributed by atoms with Crippen LogP contribution in [0.2, 0.25) is 0 Å². The third-order valence-corrected chi connectivity index (χ3v) is 4.55. The molecule has 152 valence electrons. The van der Waals surface area contributed by atoms with E-state index >= 15 is 0 Å². The molecule has 2 rings (SSSR count). The van der Waals surface area contributed by atoms with Crippen LogP contribution in [-0.4, -0.2) is 44.8 Å². The van der Waals surface area contributed by atoms with Crippen molar-refractivity contribution in [1.29, 1.82) is 0 Å². The molecular formula is C19H31ClN4O3. The first kappa shape index (κ1) is 23.2. The predicted molar refractivity (Wildman–Crippen MR) is 109 cm³/mol. The van der Waals surface area contributed by atoms with E-state index in [1.165, 1.54) is 0 Å². The van der Waals surface area contributed by atoms with Gasteiger partial charge in [0.15, 0.2) is 0 Å². The lowest BCUT2D eigenvalue weighted by Gasteiger charge is -2.35. The van der Waals surface area contributed by atoms with Gasteiger partial charge in [0.2, 0.25) is 5.91 Å². The van der Waals surface area contributed by atoms with Crippen molar-refractivity contribution in [2.45, 2.75) is 39.3 Å². The van der Waals surface area contributed by atoms with Crippen molar-refractivity contribution >= 4 is 30.0 Å². The van der Waals surface area contributed by atoms with Crippen LogP contribution in [0.3, 0.4) is 0 Å². The molecule has 7 nitrogen and oxygen atoms in total. The molecule has 4 N–H and O–H groups in total. The highest BCUT2D eigenvalue weighted by atomic mass is 35.5. The van der Waals surface area contributed by atoms with Crippen LogP contribution in [0.4, 0.5) is 10.5 Å². The fourth-order valence-electron chi connectivity index (χ4n) is 3.12. The Morgan fingerprint density at radius 3 is 2.37 bits per heavy atom. The largest absolute Gasteiger partial charge is 0.384 e. The van der Waals surface area contributed by atoms with E-state index in [0.29, 0.717) is 18.8 Å². The Balaban J connectivity index is 0.00000364. The van der Waals surface area contributed by atoms with Crippen LogP contribution in [0.15, 0.2) is 24.3 Å². The minimum Gasteiger partial charge on any atom is -0.384 e. The summed E-state index contributed by atoms with van der Waals surface area (Å²) in [7, 11) is 1.64. The first-order valence-corrected chi connectivity index (χ1v) is 9.09. The summed E-state index contributed by atoms with van der Waals surface area (Å²) in [5.41, 5.74) is 1.25. The van der Waals surface area contributed by atoms with Gasteiger partial charge in [0.05, 0.1) is 12.0 Å². The highest BCUT2D eigenvalue weighted by molar-refractivity contribution is 5.89. The van der Waals surface area contributed by atoms with E-state index in [9.17, 15) is 9.59 Å². The summed E-state index contributed by atoms with van der Waals surface area (Å²) in [6.45, 7) is 6.36. The molecule has 1 saturated heterocycles. The number of hydrogen-bond acceptors (Lipinski definition) is 4. The zero-order valence-electron chi connectivity index (χ0n) is 16.3. The average molecular weight is 399 g/mol.